The molecule has 132 valence electrons. The Bertz CT molecular complexity index is 740. The normalized spacial score (nSPS) is 11.6. The number of thioether (sulfide) groups is 1. The fourth-order valence-electron chi connectivity index (χ4n) is 1.93. The van der Waals surface area contributed by atoms with Gasteiger partial charge < -0.3 is 10.1 Å². The second-order valence-electron chi connectivity index (χ2n) is 5.23. The van der Waals surface area contributed by atoms with E-state index in [9.17, 15) is 9.59 Å². The average molecular weight is 398 g/mol. The maximum Gasteiger partial charge on any atom is 0.316 e. The summed E-state index contributed by atoms with van der Waals surface area (Å²) in [6.07, 6.45) is -0.863. The van der Waals surface area contributed by atoms with Crippen LogP contribution >= 0.6 is 35.0 Å². The first kappa shape index (κ1) is 19.6. The molecule has 7 heteroatoms. The molecule has 2 aromatic carbocycles. The van der Waals surface area contributed by atoms with E-state index in [4.69, 9.17) is 27.9 Å². The highest BCUT2D eigenvalue weighted by Crippen LogP contribution is 2.24. The second-order valence-corrected chi connectivity index (χ2v) is 7.03. The van der Waals surface area contributed by atoms with Crippen molar-refractivity contribution in [2.75, 3.05) is 11.1 Å². The number of para-hydroxylation sites is 1. The highest BCUT2D eigenvalue weighted by atomic mass is 35.5. The molecular weight excluding hydrogens is 381 g/mol. The first-order valence-corrected chi connectivity index (χ1v) is 9.44. The van der Waals surface area contributed by atoms with Gasteiger partial charge in [0.05, 0.1) is 15.8 Å². The fraction of sp³-hybridized carbons (Fsp3) is 0.222. The van der Waals surface area contributed by atoms with Gasteiger partial charge in [-0.2, -0.15) is 0 Å². The van der Waals surface area contributed by atoms with Gasteiger partial charge in [0, 0.05) is 11.4 Å². The van der Waals surface area contributed by atoms with E-state index in [-0.39, 0.29) is 11.7 Å². The molecule has 0 saturated carbocycles. The lowest BCUT2D eigenvalue weighted by Gasteiger charge is -2.13. The van der Waals surface area contributed by atoms with Crippen LogP contribution < -0.4 is 5.32 Å². The third kappa shape index (κ3) is 6.61. The monoisotopic (exact) mass is 397 g/mol. The summed E-state index contributed by atoms with van der Waals surface area (Å²) < 4.78 is 5.15. The number of rotatable bonds is 7. The van der Waals surface area contributed by atoms with Crippen LogP contribution in [-0.4, -0.2) is 23.7 Å². The molecule has 1 amide bonds. The van der Waals surface area contributed by atoms with Gasteiger partial charge in [0.25, 0.3) is 5.91 Å². The Morgan fingerprint density at radius 2 is 1.84 bits per heavy atom. The van der Waals surface area contributed by atoms with Gasteiger partial charge in [0.2, 0.25) is 0 Å². The largest absolute Gasteiger partial charge is 0.452 e. The standard InChI is InChI=1S/C18H17Cl2NO3S/c1-12(18(23)21-14-5-3-2-4-6-14)24-17(22)11-25-10-13-7-8-15(19)16(20)9-13/h2-9,12H,10-11H2,1H3,(H,21,23)/t12-/m0/s1. The number of benzene rings is 2. The zero-order valence-corrected chi connectivity index (χ0v) is 15.8. The Hall–Kier alpha value is -1.69. The van der Waals surface area contributed by atoms with Crippen LogP contribution in [0.25, 0.3) is 0 Å². The third-order valence-corrected chi connectivity index (χ3v) is 4.91. The fourth-order valence-corrected chi connectivity index (χ4v) is 3.00. The Labute approximate surface area is 160 Å². The van der Waals surface area contributed by atoms with Crippen molar-refractivity contribution in [3.8, 4) is 0 Å². The molecule has 0 bridgehead atoms. The van der Waals surface area contributed by atoms with Crippen LogP contribution in [0.15, 0.2) is 48.5 Å². The molecule has 0 aromatic heterocycles. The van der Waals surface area contributed by atoms with E-state index in [1.165, 1.54) is 11.8 Å². The number of ether oxygens (including phenoxy) is 1. The maximum atomic E-state index is 12.0. The number of halogens is 2. The molecule has 0 saturated heterocycles. The highest BCUT2D eigenvalue weighted by Gasteiger charge is 2.17. The second kappa shape index (κ2) is 9.70. The summed E-state index contributed by atoms with van der Waals surface area (Å²) >= 11 is 13.2. The van der Waals surface area contributed by atoms with Crippen LogP contribution in [0, 0.1) is 0 Å². The molecule has 0 aliphatic carbocycles. The first-order chi connectivity index (χ1) is 12.0. The van der Waals surface area contributed by atoms with Gasteiger partial charge >= 0.3 is 5.97 Å². The Kier molecular flexibility index (Phi) is 7.62. The van der Waals surface area contributed by atoms with Crippen molar-refractivity contribution in [1.29, 1.82) is 0 Å². The van der Waals surface area contributed by atoms with Gasteiger partial charge in [-0.3, -0.25) is 9.59 Å². The summed E-state index contributed by atoms with van der Waals surface area (Å²) in [5.74, 6) is -0.0745. The number of hydrogen-bond acceptors (Lipinski definition) is 4. The van der Waals surface area contributed by atoms with Crippen molar-refractivity contribution in [3.63, 3.8) is 0 Å². The van der Waals surface area contributed by atoms with E-state index in [0.29, 0.717) is 21.5 Å². The lowest BCUT2D eigenvalue weighted by atomic mass is 10.2. The summed E-state index contributed by atoms with van der Waals surface area (Å²) in [4.78, 5) is 23.8. The van der Waals surface area contributed by atoms with Crippen molar-refractivity contribution >= 4 is 52.5 Å². The maximum absolute atomic E-state index is 12.0. The summed E-state index contributed by atoms with van der Waals surface area (Å²) in [5, 5.41) is 3.66. The van der Waals surface area contributed by atoms with Gasteiger partial charge in [-0.1, -0.05) is 47.5 Å². The van der Waals surface area contributed by atoms with Crippen molar-refractivity contribution in [3.05, 3.63) is 64.1 Å². The molecule has 0 radical (unpaired) electrons. The van der Waals surface area contributed by atoms with Crippen LogP contribution in [0.5, 0.6) is 0 Å². The van der Waals surface area contributed by atoms with Gasteiger partial charge in [0.15, 0.2) is 6.10 Å². The van der Waals surface area contributed by atoms with Crippen LogP contribution in [0.3, 0.4) is 0 Å². The van der Waals surface area contributed by atoms with Gasteiger partial charge in [-0.05, 0) is 36.8 Å². The number of amides is 1. The Balaban J connectivity index is 1.73. The molecule has 2 aromatic rings. The number of carbonyl (C=O) groups is 2. The molecular formula is C18H17Cl2NO3S. The average Bonchev–Trinajstić information content (AvgIpc) is 2.59. The third-order valence-electron chi connectivity index (χ3n) is 3.19. The van der Waals surface area contributed by atoms with Crippen molar-refractivity contribution < 1.29 is 14.3 Å². The van der Waals surface area contributed by atoms with Gasteiger partial charge in [-0.25, -0.2) is 0 Å². The molecule has 1 N–H and O–H groups in total. The van der Waals surface area contributed by atoms with E-state index in [1.807, 2.05) is 24.3 Å². The Morgan fingerprint density at radius 3 is 2.52 bits per heavy atom. The van der Waals surface area contributed by atoms with Crippen molar-refractivity contribution in [1.82, 2.24) is 0 Å². The predicted molar refractivity (Wildman–Crippen MR) is 103 cm³/mol. The van der Waals surface area contributed by atoms with E-state index >= 15 is 0 Å². The molecule has 0 fully saturated rings. The summed E-state index contributed by atoms with van der Waals surface area (Å²) in [6.45, 7) is 1.54. The lowest BCUT2D eigenvalue weighted by Crippen LogP contribution is -2.30. The Morgan fingerprint density at radius 1 is 1.12 bits per heavy atom. The smallest absolute Gasteiger partial charge is 0.316 e. The summed E-state index contributed by atoms with van der Waals surface area (Å²) in [7, 11) is 0. The lowest BCUT2D eigenvalue weighted by molar-refractivity contribution is -0.150. The number of esters is 1. The van der Waals surface area contributed by atoms with Crippen LogP contribution in [0.1, 0.15) is 12.5 Å². The summed E-state index contributed by atoms with van der Waals surface area (Å²) in [5.41, 5.74) is 1.62. The molecule has 2 rings (SSSR count). The predicted octanol–water partition coefficient (Wildman–Crippen LogP) is 4.80. The zero-order valence-electron chi connectivity index (χ0n) is 13.5. The first-order valence-electron chi connectivity index (χ1n) is 7.53. The minimum Gasteiger partial charge on any atom is -0.452 e. The van der Waals surface area contributed by atoms with Crippen LogP contribution in [0.4, 0.5) is 5.69 Å². The van der Waals surface area contributed by atoms with E-state index in [2.05, 4.69) is 5.32 Å². The molecule has 0 heterocycles. The van der Waals surface area contributed by atoms with Crippen molar-refractivity contribution in [2.24, 2.45) is 0 Å². The van der Waals surface area contributed by atoms with Crippen LogP contribution in [0.2, 0.25) is 10.0 Å². The van der Waals surface area contributed by atoms with Gasteiger partial charge in [-0.15, -0.1) is 11.8 Å². The molecule has 25 heavy (non-hydrogen) atoms. The van der Waals surface area contributed by atoms with E-state index in [1.54, 1.807) is 31.2 Å². The van der Waals surface area contributed by atoms with Crippen LogP contribution in [-0.2, 0) is 20.1 Å². The summed E-state index contributed by atoms with van der Waals surface area (Å²) in [6, 6.07) is 14.3. The number of nitrogens with one attached hydrogen (secondary N) is 1. The van der Waals surface area contributed by atoms with E-state index in [0.717, 1.165) is 5.56 Å². The molecule has 0 aliphatic heterocycles. The molecule has 0 aliphatic rings. The SMILES string of the molecule is C[C@H](OC(=O)CSCc1ccc(Cl)c(Cl)c1)C(=O)Nc1ccccc1. The topological polar surface area (TPSA) is 55.4 Å². The van der Waals surface area contributed by atoms with E-state index < -0.39 is 12.1 Å². The van der Waals surface area contributed by atoms with Gasteiger partial charge in [0.1, 0.15) is 0 Å². The molecule has 0 spiro atoms. The number of carbonyl (C=O) groups excluding carboxylic acids is 2. The molecule has 4 nitrogen and oxygen atoms in total. The van der Waals surface area contributed by atoms with Crippen molar-refractivity contribution in [2.45, 2.75) is 18.8 Å². The quantitative estimate of drug-likeness (QED) is 0.681. The minimum absolute atomic E-state index is 0.142. The highest BCUT2D eigenvalue weighted by molar-refractivity contribution is 7.99. The number of hydrogen-bond donors (Lipinski definition) is 1. The zero-order chi connectivity index (χ0) is 18.2. The molecule has 0 unspecified atom stereocenters. The molecule has 1 atom stereocenters. The number of anilines is 1. The minimum atomic E-state index is -0.863.